The molecule has 7 heteroatoms. The molecule has 0 spiro atoms. The topological polar surface area (TPSA) is 58.2 Å². The average molecular weight is 411 g/mol. The van der Waals surface area contributed by atoms with Crippen molar-refractivity contribution in [3.8, 4) is 0 Å². The molecule has 138 valence electrons. The van der Waals surface area contributed by atoms with Crippen molar-refractivity contribution < 1.29 is 9.59 Å². The SMILES string of the molecule is CC(C)NC(=O)c1ccccc1NC(=O)CSCc1c(Cl)cccc1Cl. The molecule has 0 aromatic heterocycles. The van der Waals surface area contributed by atoms with Crippen molar-refractivity contribution in [2.24, 2.45) is 0 Å². The lowest BCUT2D eigenvalue weighted by Crippen LogP contribution is -2.31. The van der Waals surface area contributed by atoms with Crippen LogP contribution < -0.4 is 10.6 Å². The zero-order chi connectivity index (χ0) is 19.1. The van der Waals surface area contributed by atoms with Crippen molar-refractivity contribution in [1.29, 1.82) is 0 Å². The molecule has 0 unspecified atom stereocenters. The van der Waals surface area contributed by atoms with Crippen molar-refractivity contribution in [2.45, 2.75) is 25.6 Å². The second kappa shape index (κ2) is 9.86. The Morgan fingerprint density at radius 1 is 1.04 bits per heavy atom. The Balaban J connectivity index is 1.95. The van der Waals surface area contributed by atoms with Gasteiger partial charge in [0.1, 0.15) is 0 Å². The summed E-state index contributed by atoms with van der Waals surface area (Å²) in [5.74, 6) is 0.345. The minimum absolute atomic E-state index is 0.0159. The monoisotopic (exact) mass is 410 g/mol. The molecule has 0 radical (unpaired) electrons. The molecule has 2 aromatic rings. The van der Waals surface area contributed by atoms with Crippen LogP contribution in [0.1, 0.15) is 29.8 Å². The van der Waals surface area contributed by atoms with Crippen LogP contribution in [0.15, 0.2) is 42.5 Å². The van der Waals surface area contributed by atoms with Gasteiger partial charge in [-0.2, -0.15) is 0 Å². The molecule has 0 aliphatic carbocycles. The maximum absolute atomic E-state index is 12.2. The van der Waals surface area contributed by atoms with Gasteiger partial charge in [0.2, 0.25) is 5.91 Å². The third-order valence-corrected chi connectivity index (χ3v) is 5.07. The summed E-state index contributed by atoms with van der Waals surface area (Å²) in [7, 11) is 0. The summed E-state index contributed by atoms with van der Waals surface area (Å²) in [6, 6.07) is 12.3. The number of hydrogen-bond acceptors (Lipinski definition) is 3. The maximum Gasteiger partial charge on any atom is 0.253 e. The normalized spacial score (nSPS) is 10.7. The standard InChI is InChI=1S/C19H20Cl2N2O2S/c1-12(2)22-19(25)13-6-3-4-9-17(13)23-18(24)11-26-10-14-15(20)7-5-8-16(14)21/h3-9,12H,10-11H2,1-2H3,(H,22,25)(H,23,24). The van der Waals surface area contributed by atoms with Gasteiger partial charge in [-0.15, -0.1) is 11.8 Å². The number of nitrogens with one attached hydrogen (secondary N) is 2. The highest BCUT2D eigenvalue weighted by Gasteiger charge is 2.14. The van der Waals surface area contributed by atoms with Crippen molar-refractivity contribution in [2.75, 3.05) is 11.1 Å². The number of para-hydroxylation sites is 1. The Morgan fingerprint density at radius 3 is 2.35 bits per heavy atom. The fourth-order valence-electron chi connectivity index (χ4n) is 2.23. The van der Waals surface area contributed by atoms with Crippen LogP contribution in [0, 0.1) is 0 Å². The summed E-state index contributed by atoms with van der Waals surface area (Å²) in [6.45, 7) is 3.77. The Labute approximate surface area is 167 Å². The van der Waals surface area contributed by atoms with Crippen molar-refractivity contribution >= 4 is 52.5 Å². The molecule has 2 amide bonds. The second-order valence-electron chi connectivity index (χ2n) is 5.91. The van der Waals surface area contributed by atoms with Gasteiger partial charge in [0.05, 0.1) is 17.0 Å². The van der Waals surface area contributed by atoms with Gasteiger partial charge in [-0.25, -0.2) is 0 Å². The molecule has 2 rings (SSSR count). The molecule has 0 aliphatic rings. The lowest BCUT2D eigenvalue weighted by Gasteiger charge is -2.13. The van der Waals surface area contributed by atoms with E-state index in [-0.39, 0.29) is 23.6 Å². The summed E-state index contributed by atoms with van der Waals surface area (Å²) in [5.41, 5.74) is 1.74. The highest BCUT2D eigenvalue weighted by atomic mass is 35.5. The summed E-state index contributed by atoms with van der Waals surface area (Å²) < 4.78 is 0. The Bertz CT molecular complexity index is 777. The predicted molar refractivity (Wildman–Crippen MR) is 110 cm³/mol. The van der Waals surface area contributed by atoms with Gasteiger partial charge in [0.15, 0.2) is 0 Å². The number of rotatable bonds is 7. The van der Waals surface area contributed by atoms with Crippen LogP contribution in [0.3, 0.4) is 0 Å². The van der Waals surface area contributed by atoms with E-state index in [1.807, 2.05) is 13.8 Å². The van der Waals surface area contributed by atoms with E-state index in [0.717, 1.165) is 5.56 Å². The molecule has 0 heterocycles. The van der Waals surface area contributed by atoms with E-state index in [1.165, 1.54) is 11.8 Å². The average Bonchev–Trinajstić information content (AvgIpc) is 2.57. The number of benzene rings is 2. The molecule has 0 bridgehead atoms. The second-order valence-corrected chi connectivity index (χ2v) is 7.71. The van der Waals surface area contributed by atoms with Crippen LogP contribution in [0.4, 0.5) is 5.69 Å². The maximum atomic E-state index is 12.2. The molecule has 0 fully saturated rings. The van der Waals surface area contributed by atoms with Gasteiger partial charge in [-0.05, 0) is 43.7 Å². The van der Waals surface area contributed by atoms with Crippen LogP contribution in [-0.4, -0.2) is 23.6 Å². The molecular weight excluding hydrogens is 391 g/mol. The van der Waals surface area contributed by atoms with Crippen LogP contribution in [0.5, 0.6) is 0 Å². The number of thioether (sulfide) groups is 1. The molecule has 2 aromatic carbocycles. The van der Waals surface area contributed by atoms with Crippen molar-refractivity contribution in [3.63, 3.8) is 0 Å². The summed E-state index contributed by atoms with van der Waals surface area (Å²) >= 11 is 13.7. The first kappa shape index (κ1) is 20.6. The smallest absolute Gasteiger partial charge is 0.253 e. The van der Waals surface area contributed by atoms with Crippen LogP contribution in [-0.2, 0) is 10.5 Å². The Kier molecular flexibility index (Phi) is 7.82. The van der Waals surface area contributed by atoms with Crippen LogP contribution >= 0.6 is 35.0 Å². The van der Waals surface area contributed by atoms with E-state index in [2.05, 4.69) is 10.6 Å². The fraction of sp³-hybridized carbons (Fsp3) is 0.263. The molecule has 0 atom stereocenters. The number of anilines is 1. The summed E-state index contributed by atoms with van der Waals surface area (Å²) in [6.07, 6.45) is 0. The number of amides is 2. The van der Waals surface area contributed by atoms with Gasteiger partial charge in [-0.1, -0.05) is 41.4 Å². The van der Waals surface area contributed by atoms with Gasteiger partial charge >= 0.3 is 0 Å². The van der Waals surface area contributed by atoms with Gasteiger partial charge in [0, 0.05) is 21.8 Å². The summed E-state index contributed by atoms with van der Waals surface area (Å²) in [5, 5.41) is 6.79. The first-order valence-corrected chi connectivity index (χ1v) is 10.00. The minimum Gasteiger partial charge on any atom is -0.350 e. The minimum atomic E-state index is -0.216. The molecule has 0 aliphatic heterocycles. The van der Waals surface area contributed by atoms with E-state index in [0.29, 0.717) is 27.0 Å². The number of halogens is 2. The molecular formula is C19H20Cl2N2O2S. The van der Waals surface area contributed by atoms with E-state index >= 15 is 0 Å². The Morgan fingerprint density at radius 2 is 1.69 bits per heavy atom. The van der Waals surface area contributed by atoms with E-state index in [1.54, 1.807) is 42.5 Å². The van der Waals surface area contributed by atoms with Gasteiger partial charge in [0.25, 0.3) is 5.91 Å². The molecule has 26 heavy (non-hydrogen) atoms. The Hall–Kier alpha value is -1.69. The van der Waals surface area contributed by atoms with E-state index in [9.17, 15) is 9.59 Å². The largest absolute Gasteiger partial charge is 0.350 e. The highest BCUT2D eigenvalue weighted by Crippen LogP contribution is 2.28. The molecule has 0 saturated carbocycles. The first-order valence-electron chi connectivity index (χ1n) is 8.09. The number of carbonyl (C=O) groups excluding carboxylic acids is 2. The molecule has 4 nitrogen and oxygen atoms in total. The summed E-state index contributed by atoms with van der Waals surface area (Å²) in [4.78, 5) is 24.5. The van der Waals surface area contributed by atoms with Crippen LogP contribution in [0.25, 0.3) is 0 Å². The quantitative estimate of drug-likeness (QED) is 0.674. The van der Waals surface area contributed by atoms with Crippen LogP contribution in [0.2, 0.25) is 10.0 Å². The van der Waals surface area contributed by atoms with Gasteiger partial charge in [-0.3, -0.25) is 9.59 Å². The molecule has 2 N–H and O–H groups in total. The van der Waals surface area contributed by atoms with Crippen molar-refractivity contribution in [1.82, 2.24) is 5.32 Å². The lowest BCUT2D eigenvalue weighted by atomic mass is 10.1. The van der Waals surface area contributed by atoms with E-state index in [4.69, 9.17) is 23.2 Å². The zero-order valence-electron chi connectivity index (χ0n) is 14.5. The first-order chi connectivity index (χ1) is 12.4. The zero-order valence-corrected chi connectivity index (χ0v) is 16.8. The number of hydrogen-bond donors (Lipinski definition) is 2. The molecule has 0 saturated heterocycles. The van der Waals surface area contributed by atoms with Crippen molar-refractivity contribution in [3.05, 3.63) is 63.6 Å². The highest BCUT2D eigenvalue weighted by molar-refractivity contribution is 7.99. The van der Waals surface area contributed by atoms with E-state index < -0.39 is 0 Å². The lowest BCUT2D eigenvalue weighted by molar-refractivity contribution is -0.113. The predicted octanol–water partition coefficient (Wildman–Crippen LogP) is 5.00. The van der Waals surface area contributed by atoms with Gasteiger partial charge < -0.3 is 10.6 Å². The fourth-order valence-corrected chi connectivity index (χ4v) is 3.80. The number of carbonyl (C=O) groups is 2. The third-order valence-electron chi connectivity index (χ3n) is 3.41. The third kappa shape index (κ3) is 5.94.